The van der Waals surface area contributed by atoms with Gasteiger partial charge in [-0.2, -0.15) is 0 Å². The number of hydrogen-bond acceptors (Lipinski definition) is 11. The Morgan fingerprint density at radius 3 is 2.01 bits per heavy atom. The van der Waals surface area contributed by atoms with Crippen molar-refractivity contribution >= 4 is 46.0 Å². The van der Waals surface area contributed by atoms with Crippen LogP contribution in [0.2, 0.25) is 0 Å². The van der Waals surface area contributed by atoms with Gasteiger partial charge in [0, 0.05) is 36.0 Å². The molecule has 1 spiro atoms. The molecule has 10 rings (SSSR count). The molecule has 17 heteroatoms. The summed E-state index contributed by atoms with van der Waals surface area (Å²) in [6.45, 7) is 8.78. The van der Waals surface area contributed by atoms with Crippen LogP contribution in [0.5, 0.6) is 0 Å². The number of aromatic nitrogens is 6. The van der Waals surface area contributed by atoms with Crippen LogP contribution in [-0.4, -0.2) is 103 Å². The molecule has 1 saturated carbocycles. The molecule has 2 aliphatic heterocycles. The molecule has 356 valence electrons. The molecule has 4 N–H and O–H groups in total. The Hall–Kier alpha value is -6.78. The second kappa shape index (κ2) is 18.0. The normalized spacial score (nSPS) is 19.6. The lowest BCUT2D eigenvalue weighted by Crippen LogP contribution is -2.51. The van der Waals surface area contributed by atoms with E-state index < -0.39 is 24.3 Å². The first-order valence-corrected chi connectivity index (χ1v) is 24.1. The van der Waals surface area contributed by atoms with E-state index >= 15 is 0 Å². The summed E-state index contributed by atoms with van der Waals surface area (Å²) in [5, 5.41) is 10.6. The summed E-state index contributed by atoms with van der Waals surface area (Å²) in [6, 6.07) is 8.54. The van der Waals surface area contributed by atoms with Crippen molar-refractivity contribution in [3.63, 3.8) is 0 Å². The Morgan fingerprint density at radius 2 is 1.37 bits per heavy atom. The van der Waals surface area contributed by atoms with Crippen molar-refractivity contribution in [3.05, 3.63) is 71.7 Å². The molecule has 0 radical (unpaired) electrons. The molecule has 4 aliphatic rings. The minimum Gasteiger partial charge on any atom is -0.453 e. The maximum Gasteiger partial charge on any atom is 0.407 e. The molecule has 3 fully saturated rings. The Kier molecular flexibility index (Phi) is 11.9. The van der Waals surface area contributed by atoms with E-state index in [9.17, 15) is 19.2 Å². The van der Waals surface area contributed by atoms with E-state index in [0.29, 0.717) is 24.5 Å². The summed E-state index contributed by atoms with van der Waals surface area (Å²) in [6.07, 6.45) is 14.2. The molecular formula is C51H60N10O7. The number of alkyl carbamates (subject to hydrolysis) is 2. The lowest BCUT2D eigenvalue weighted by atomic mass is 9.82. The van der Waals surface area contributed by atoms with E-state index in [1.165, 1.54) is 51.0 Å². The maximum absolute atomic E-state index is 13.9. The van der Waals surface area contributed by atoms with Gasteiger partial charge in [-0.05, 0) is 104 Å². The Balaban J connectivity index is 0.951. The van der Waals surface area contributed by atoms with E-state index in [-0.39, 0.29) is 41.1 Å². The van der Waals surface area contributed by atoms with Crippen LogP contribution in [0, 0.1) is 17.3 Å². The smallest absolute Gasteiger partial charge is 0.407 e. The van der Waals surface area contributed by atoms with Gasteiger partial charge >= 0.3 is 12.2 Å². The van der Waals surface area contributed by atoms with Crippen molar-refractivity contribution in [3.8, 4) is 33.6 Å². The first kappa shape index (κ1) is 45.0. The molecule has 2 aromatic carbocycles. The van der Waals surface area contributed by atoms with Gasteiger partial charge in [0.2, 0.25) is 11.8 Å². The van der Waals surface area contributed by atoms with Gasteiger partial charge in [-0.3, -0.25) is 14.6 Å². The van der Waals surface area contributed by atoms with Crippen LogP contribution in [0.25, 0.3) is 55.6 Å². The second-order valence-electron chi connectivity index (χ2n) is 19.9. The molecule has 68 heavy (non-hydrogen) atoms. The lowest BCUT2D eigenvalue weighted by molar-refractivity contribution is -0.136. The maximum atomic E-state index is 13.9. The Bertz CT molecular complexity index is 2910. The SMILES string of the molecule is COC(=O)N[C@H](C(=O)N1CCC[C@H]1c1ncc(-c2ccc(-c3ncc(-c4ccc5nc([C@@H]6CCCN6C(=O)[C@@H](NC(=O)OC)C(C)C)[nH]c5c4)c4c3CC3(CCCC3)C4)c3cnoc23)[nH]1)C(C)C. The summed E-state index contributed by atoms with van der Waals surface area (Å²) in [4.78, 5) is 77.8. The van der Waals surface area contributed by atoms with E-state index in [2.05, 4.69) is 50.0 Å². The predicted molar refractivity (Wildman–Crippen MR) is 254 cm³/mol. The monoisotopic (exact) mass is 924 g/mol. The van der Waals surface area contributed by atoms with E-state index in [4.69, 9.17) is 28.9 Å². The fraction of sp³-hybridized carbons (Fsp3) is 0.490. The first-order chi connectivity index (χ1) is 32.9. The zero-order valence-electron chi connectivity index (χ0n) is 39.6. The number of carbonyl (C=O) groups is 4. The fourth-order valence-electron chi connectivity index (χ4n) is 11.5. The van der Waals surface area contributed by atoms with Crippen LogP contribution < -0.4 is 10.6 Å². The lowest BCUT2D eigenvalue weighted by Gasteiger charge is -2.30. The van der Waals surface area contributed by atoms with Crippen molar-refractivity contribution in [2.75, 3.05) is 27.3 Å². The highest BCUT2D eigenvalue weighted by atomic mass is 16.5. The number of fused-ring (bicyclic) bond motifs is 3. The molecule has 4 aromatic heterocycles. The molecule has 17 nitrogen and oxygen atoms in total. The van der Waals surface area contributed by atoms with Gasteiger partial charge < -0.3 is 44.4 Å². The predicted octanol–water partition coefficient (Wildman–Crippen LogP) is 8.57. The zero-order chi connectivity index (χ0) is 47.4. The number of benzene rings is 2. The van der Waals surface area contributed by atoms with Crippen LogP contribution in [0.3, 0.4) is 0 Å². The molecule has 6 heterocycles. The number of rotatable bonds is 11. The highest BCUT2D eigenvalue weighted by Gasteiger charge is 2.43. The number of pyridine rings is 1. The summed E-state index contributed by atoms with van der Waals surface area (Å²) in [5.74, 6) is 0.844. The Morgan fingerprint density at radius 1 is 0.735 bits per heavy atom. The number of nitrogens with zero attached hydrogens (tertiary/aromatic N) is 6. The third kappa shape index (κ3) is 8.02. The average Bonchev–Trinajstić information content (AvgIpc) is 4.19. The minimum atomic E-state index is -0.726. The summed E-state index contributed by atoms with van der Waals surface area (Å²) in [5.41, 5.74) is 10.7. The van der Waals surface area contributed by atoms with Crippen molar-refractivity contribution in [2.45, 2.75) is 116 Å². The fourth-order valence-corrected chi connectivity index (χ4v) is 11.5. The van der Waals surface area contributed by atoms with Gasteiger partial charge in [0.25, 0.3) is 0 Å². The van der Waals surface area contributed by atoms with Gasteiger partial charge in [0.15, 0.2) is 5.58 Å². The molecule has 4 atom stereocenters. The van der Waals surface area contributed by atoms with Gasteiger partial charge in [0.05, 0.1) is 66.5 Å². The molecule has 6 aromatic rings. The summed E-state index contributed by atoms with van der Waals surface area (Å²) in [7, 11) is 2.59. The van der Waals surface area contributed by atoms with Crippen molar-refractivity contribution < 1.29 is 33.2 Å². The number of methoxy groups -OCH3 is 2. The highest BCUT2D eigenvalue weighted by Crippen LogP contribution is 2.53. The number of nitrogens with one attached hydrogen (secondary N) is 4. The van der Waals surface area contributed by atoms with Crippen LogP contribution in [0.4, 0.5) is 9.59 Å². The van der Waals surface area contributed by atoms with E-state index in [1.807, 2.05) is 44.9 Å². The number of H-pyrrole nitrogens is 2. The average molecular weight is 925 g/mol. The number of hydrogen-bond donors (Lipinski definition) is 4. The van der Waals surface area contributed by atoms with Crippen LogP contribution in [-0.2, 0) is 31.9 Å². The number of ether oxygens (including phenoxy) is 2. The van der Waals surface area contributed by atoms with Crippen LogP contribution in [0.1, 0.15) is 114 Å². The second-order valence-corrected chi connectivity index (χ2v) is 19.9. The topological polar surface area (TPSA) is 214 Å². The highest BCUT2D eigenvalue weighted by molar-refractivity contribution is 6.01. The summed E-state index contributed by atoms with van der Waals surface area (Å²) < 4.78 is 15.7. The number of aromatic amines is 2. The van der Waals surface area contributed by atoms with E-state index in [0.717, 1.165) is 94.4 Å². The Labute approximate surface area is 394 Å². The van der Waals surface area contributed by atoms with Gasteiger partial charge in [-0.25, -0.2) is 19.6 Å². The quantitative estimate of drug-likeness (QED) is 0.0966. The van der Waals surface area contributed by atoms with Crippen molar-refractivity contribution in [1.29, 1.82) is 0 Å². The third-order valence-electron chi connectivity index (χ3n) is 15.0. The van der Waals surface area contributed by atoms with Crippen molar-refractivity contribution in [2.24, 2.45) is 17.3 Å². The molecule has 4 amide bonds. The largest absolute Gasteiger partial charge is 0.453 e. The molecule has 0 bridgehead atoms. The number of likely N-dealkylation sites (tertiary alicyclic amines) is 2. The number of amides is 4. The minimum absolute atomic E-state index is 0.123. The third-order valence-corrected chi connectivity index (χ3v) is 15.0. The molecule has 2 aliphatic carbocycles. The first-order valence-electron chi connectivity index (χ1n) is 24.1. The van der Waals surface area contributed by atoms with Gasteiger partial charge in [0.1, 0.15) is 23.7 Å². The molecular weight excluding hydrogens is 865 g/mol. The number of carbonyl (C=O) groups excluding carboxylic acids is 4. The van der Waals surface area contributed by atoms with Crippen molar-refractivity contribution in [1.82, 2.24) is 50.5 Å². The molecule has 0 unspecified atom stereocenters. The van der Waals surface area contributed by atoms with Crippen LogP contribution >= 0.6 is 0 Å². The number of imidazole rings is 2. The van der Waals surface area contributed by atoms with Gasteiger partial charge in [-0.1, -0.05) is 57.8 Å². The van der Waals surface area contributed by atoms with Crippen LogP contribution in [0.15, 0.2) is 53.4 Å². The van der Waals surface area contributed by atoms with Gasteiger partial charge in [-0.15, -0.1) is 0 Å². The standard InChI is InChI=1S/C51H60N10O7/c1-27(2)41(58-49(64)66-5)47(62)60-19-9-11-39(60)45-53-26-38(57-45)31-15-14-30(35-25-54-68-44(31)35)43-33-23-51(17-7-8-18-51)22-32(33)34(24-52-43)29-13-16-36-37(21-29)56-46(55-36)40-12-10-20-61(40)48(63)42(28(3)4)59-50(65)67-6/h13-16,21,24-28,39-42H,7-12,17-20,22-23H2,1-6H3,(H,53,57)(H,55,56)(H,58,64)(H,59,65)/t39-,40-,41-,42-/m0/s1. The summed E-state index contributed by atoms with van der Waals surface area (Å²) >= 11 is 0. The van der Waals surface area contributed by atoms with E-state index in [1.54, 1.807) is 17.3 Å². The zero-order valence-corrected chi connectivity index (χ0v) is 39.6. The molecule has 2 saturated heterocycles.